The predicted molar refractivity (Wildman–Crippen MR) is 82.7 cm³/mol. The van der Waals surface area contributed by atoms with E-state index in [1.165, 1.54) is 18.2 Å². The van der Waals surface area contributed by atoms with E-state index in [-0.39, 0.29) is 16.9 Å². The quantitative estimate of drug-likeness (QED) is 0.517. The Bertz CT molecular complexity index is 752. The van der Waals surface area contributed by atoms with Gasteiger partial charge in [0.2, 0.25) is 0 Å². The van der Waals surface area contributed by atoms with E-state index in [0.29, 0.717) is 12.1 Å². The lowest BCUT2D eigenvalue weighted by Gasteiger charge is -2.16. The number of thiocarbonyl (C=S) groups is 1. The van der Waals surface area contributed by atoms with Crippen LogP contribution in [0.3, 0.4) is 0 Å². The molecule has 2 aromatic carbocycles. The normalized spacial score (nSPS) is 12.0. The van der Waals surface area contributed by atoms with E-state index in [4.69, 9.17) is 12.2 Å². The molecule has 0 saturated carbocycles. The third kappa shape index (κ3) is 5.05. The molecule has 25 heavy (non-hydrogen) atoms. The van der Waals surface area contributed by atoms with E-state index in [0.717, 1.165) is 6.07 Å². The largest absolute Gasteiger partial charge is 0.416 e. The van der Waals surface area contributed by atoms with Crippen molar-refractivity contribution in [1.82, 2.24) is 0 Å². The fraction of sp³-hybridized carbons (Fsp3) is 0.133. The molecule has 0 fully saturated rings. The summed E-state index contributed by atoms with van der Waals surface area (Å²) in [6.45, 7) is 0. The maximum Gasteiger partial charge on any atom is 0.416 e. The van der Waals surface area contributed by atoms with Crippen molar-refractivity contribution in [3.63, 3.8) is 0 Å². The summed E-state index contributed by atoms with van der Waals surface area (Å²) in [5.41, 5.74) is -3.59. The highest BCUT2D eigenvalue weighted by molar-refractivity contribution is 7.80. The summed E-state index contributed by atoms with van der Waals surface area (Å²) in [5, 5.41) is 4.19. The number of halogens is 7. The van der Waals surface area contributed by atoms with Crippen molar-refractivity contribution < 1.29 is 30.7 Å². The van der Waals surface area contributed by atoms with E-state index in [1.54, 1.807) is 0 Å². The maximum atomic E-state index is 13.5. The van der Waals surface area contributed by atoms with Crippen molar-refractivity contribution in [3.8, 4) is 0 Å². The number of para-hydroxylation sites is 1. The van der Waals surface area contributed by atoms with Crippen LogP contribution in [0.5, 0.6) is 0 Å². The van der Waals surface area contributed by atoms with Gasteiger partial charge in [0.15, 0.2) is 5.11 Å². The number of hydrogen-bond acceptors (Lipinski definition) is 1. The van der Waals surface area contributed by atoms with Crippen LogP contribution < -0.4 is 10.6 Å². The van der Waals surface area contributed by atoms with Gasteiger partial charge in [0.1, 0.15) is 5.82 Å². The molecule has 2 rings (SSSR count). The first-order valence-corrected chi connectivity index (χ1v) is 6.99. The van der Waals surface area contributed by atoms with Gasteiger partial charge in [0.25, 0.3) is 0 Å². The van der Waals surface area contributed by atoms with Crippen LogP contribution in [-0.4, -0.2) is 5.11 Å². The molecular weight excluding hydrogens is 373 g/mol. The molecule has 10 heteroatoms. The average molecular weight is 382 g/mol. The molecule has 0 amide bonds. The lowest BCUT2D eigenvalue weighted by Crippen LogP contribution is -2.21. The van der Waals surface area contributed by atoms with Crippen molar-refractivity contribution in [3.05, 3.63) is 59.4 Å². The van der Waals surface area contributed by atoms with E-state index < -0.39 is 35.0 Å². The Labute approximate surface area is 142 Å². The highest BCUT2D eigenvalue weighted by Crippen LogP contribution is 2.37. The molecule has 0 aromatic heterocycles. The minimum atomic E-state index is -4.97. The Balaban J connectivity index is 2.29. The van der Waals surface area contributed by atoms with Crippen LogP contribution in [0, 0.1) is 5.82 Å². The summed E-state index contributed by atoms with van der Waals surface area (Å²) in [6.07, 6.45) is -9.95. The van der Waals surface area contributed by atoms with Crippen LogP contribution in [0.4, 0.5) is 42.1 Å². The first kappa shape index (κ1) is 19.0. The van der Waals surface area contributed by atoms with Crippen LogP contribution in [0.2, 0.25) is 0 Å². The van der Waals surface area contributed by atoms with Crippen molar-refractivity contribution in [2.45, 2.75) is 12.4 Å². The number of rotatable bonds is 2. The van der Waals surface area contributed by atoms with Gasteiger partial charge < -0.3 is 10.6 Å². The zero-order valence-corrected chi connectivity index (χ0v) is 12.9. The molecule has 2 aromatic rings. The zero-order chi connectivity index (χ0) is 18.8. The standard InChI is InChI=1S/C15H9F7N2S/c16-11-3-1-2-4-12(11)24-13(25)23-10-6-8(14(17,18)19)5-9(7-10)15(20,21)22/h1-7H,(H2,23,24,25). The van der Waals surface area contributed by atoms with Gasteiger partial charge in [-0.1, -0.05) is 12.1 Å². The molecule has 0 heterocycles. The molecule has 2 nitrogen and oxygen atoms in total. The summed E-state index contributed by atoms with van der Waals surface area (Å²) in [5.74, 6) is -0.688. The van der Waals surface area contributed by atoms with Crippen LogP contribution >= 0.6 is 12.2 Å². The number of anilines is 2. The second-order valence-electron chi connectivity index (χ2n) is 4.85. The highest BCUT2D eigenvalue weighted by Gasteiger charge is 2.37. The zero-order valence-electron chi connectivity index (χ0n) is 12.1. The van der Waals surface area contributed by atoms with Crippen LogP contribution in [-0.2, 0) is 12.4 Å². The Morgan fingerprint density at radius 1 is 0.800 bits per heavy atom. The van der Waals surface area contributed by atoms with Gasteiger partial charge in [-0.15, -0.1) is 0 Å². The van der Waals surface area contributed by atoms with Gasteiger partial charge in [0, 0.05) is 5.69 Å². The van der Waals surface area contributed by atoms with Crippen molar-refractivity contribution in [1.29, 1.82) is 0 Å². The Morgan fingerprint density at radius 2 is 1.32 bits per heavy atom. The fourth-order valence-electron chi connectivity index (χ4n) is 1.87. The minimum absolute atomic E-state index is 0.00147. The van der Waals surface area contributed by atoms with Crippen LogP contribution in [0.15, 0.2) is 42.5 Å². The number of alkyl halides is 6. The van der Waals surface area contributed by atoms with Gasteiger partial charge in [-0.25, -0.2) is 4.39 Å². The lowest BCUT2D eigenvalue weighted by atomic mass is 10.1. The van der Waals surface area contributed by atoms with Gasteiger partial charge in [-0.3, -0.25) is 0 Å². The fourth-order valence-corrected chi connectivity index (χ4v) is 2.10. The third-order valence-electron chi connectivity index (χ3n) is 2.97. The van der Waals surface area contributed by atoms with Crippen molar-refractivity contribution >= 4 is 28.7 Å². The maximum absolute atomic E-state index is 13.5. The topological polar surface area (TPSA) is 24.1 Å². The van der Waals surface area contributed by atoms with Crippen molar-refractivity contribution in [2.24, 2.45) is 0 Å². The second-order valence-corrected chi connectivity index (χ2v) is 5.26. The molecule has 2 N–H and O–H groups in total. The van der Waals surface area contributed by atoms with Crippen LogP contribution in [0.1, 0.15) is 11.1 Å². The lowest BCUT2D eigenvalue weighted by molar-refractivity contribution is -0.143. The van der Waals surface area contributed by atoms with Crippen LogP contribution in [0.25, 0.3) is 0 Å². The molecule has 0 unspecified atom stereocenters. The minimum Gasteiger partial charge on any atom is -0.332 e. The first-order valence-electron chi connectivity index (χ1n) is 6.59. The molecule has 0 aliphatic carbocycles. The molecule has 0 bridgehead atoms. The van der Waals surface area contributed by atoms with Gasteiger partial charge in [0.05, 0.1) is 16.8 Å². The average Bonchev–Trinajstić information content (AvgIpc) is 2.47. The Hall–Kier alpha value is -2.36. The van der Waals surface area contributed by atoms with E-state index in [2.05, 4.69) is 10.6 Å². The summed E-state index contributed by atoms with van der Waals surface area (Å²) >= 11 is 4.80. The SMILES string of the molecule is Fc1ccccc1NC(=S)Nc1cc(C(F)(F)F)cc(C(F)(F)F)c1. The summed E-state index contributed by atoms with van der Waals surface area (Å²) in [6, 6.07) is 6.24. The smallest absolute Gasteiger partial charge is 0.332 e. The monoisotopic (exact) mass is 382 g/mol. The second kappa shape index (κ2) is 6.87. The number of nitrogens with one attached hydrogen (secondary N) is 2. The van der Waals surface area contributed by atoms with E-state index in [9.17, 15) is 30.7 Å². The first-order chi connectivity index (χ1) is 11.5. The number of hydrogen-bond donors (Lipinski definition) is 2. The molecule has 0 aliphatic rings. The predicted octanol–water partition coefficient (Wildman–Crippen LogP) is 5.67. The highest BCUT2D eigenvalue weighted by atomic mass is 32.1. The third-order valence-corrected chi connectivity index (χ3v) is 3.17. The molecule has 0 spiro atoms. The Kier molecular flexibility index (Phi) is 5.21. The molecule has 0 radical (unpaired) electrons. The van der Waals surface area contributed by atoms with E-state index in [1.807, 2.05) is 0 Å². The summed E-state index contributed by atoms with van der Waals surface area (Å²) in [7, 11) is 0. The Morgan fingerprint density at radius 3 is 1.80 bits per heavy atom. The van der Waals surface area contributed by atoms with Gasteiger partial charge in [-0.2, -0.15) is 26.3 Å². The van der Waals surface area contributed by atoms with Crippen molar-refractivity contribution in [2.75, 3.05) is 10.6 Å². The molecule has 0 saturated heterocycles. The van der Waals surface area contributed by atoms with E-state index >= 15 is 0 Å². The molecule has 0 aliphatic heterocycles. The molecule has 0 atom stereocenters. The summed E-state index contributed by atoms with van der Waals surface area (Å²) in [4.78, 5) is 0. The number of benzene rings is 2. The summed E-state index contributed by atoms with van der Waals surface area (Å²) < 4.78 is 90.2. The molecular formula is C15H9F7N2S. The van der Waals surface area contributed by atoms with Gasteiger partial charge in [-0.05, 0) is 42.5 Å². The molecule has 134 valence electrons. The van der Waals surface area contributed by atoms with Gasteiger partial charge >= 0.3 is 12.4 Å².